The highest BCUT2D eigenvalue weighted by atomic mass is 19.1. The monoisotopic (exact) mass is 447 g/mol. The Morgan fingerprint density at radius 1 is 0.848 bits per heavy atom. The standard InChI is InChI=1S/C23H20FN3.C2H2O4/c1-27-22(16-26-23(27)25-15-20-9-5-6-10-21(20)24)19-13-11-18(12-14-19)17-7-3-2-4-8-17;3-1(4)2(5)6/h2-14,16H,15H2,1H3,(H,25,26);(H,3,4)(H,5,6). The maximum Gasteiger partial charge on any atom is 0.414 e. The lowest BCUT2D eigenvalue weighted by Gasteiger charge is -2.09. The van der Waals surface area contributed by atoms with Gasteiger partial charge in [0.2, 0.25) is 5.95 Å². The zero-order valence-electron chi connectivity index (χ0n) is 17.8. The molecule has 4 aromatic rings. The number of anilines is 1. The first-order chi connectivity index (χ1) is 15.9. The Hall–Kier alpha value is -4.46. The Labute approximate surface area is 189 Å². The molecule has 3 aromatic carbocycles. The number of carbonyl (C=O) groups is 2. The first-order valence-corrected chi connectivity index (χ1v) is 9.98. The fourth-order valence-electron chi connectivity index (χ4n) is 3.12. The predicted octanol–water partition coefficient (Wildman–Crippen LogP) is 4.66. The molecule has 0 atom stereocenters. The highest BCUT2D eigenvalue weighted by Gasteiger charge is 2.10. The van der Waals surface area contributed by atoms with Crippen LogP contribution in [0.3, 0.4) is 0 Å². The van der Waals surface area contributed by atoms with Crippen LogP contribution in [0, 0.1) is 5.82 Å². The summed E-state index contributed by atoms with van der Waals surface area (Å²) in [7, 11) is 1.96. The summed E-state index contributed by atoms with van der Waals surface area (Å²) in [4.78, 5) is 22.6. The van der Waals surface area contributed by atoms with Gasteiger partial charge in [0.25, 0.3) is 0 Å². The summed E-state index contributed by atoms with van der Waals surface area (Å²) in [5.74, 6) is -3.15. The summed E-state index contributed by atoms with van der Waals surface area (Å²) in [6.07, 6.45) is 1.83. The van der Waals surface area contributed by atoms with Gasteiger partial charge in [-0.3, -0.25) is 0 Å². The van der Waals surface area contributed by atoms with Gasteiger partial charge in [-0.1, -0.05) is 72.8 Å². The molecule has 0 saturated carbocycles. The van der Waals surface area contributed by atoms with E-state index in [9.17, 15) is 4.39 Å². The molecule has 0 fully saturated rings. The minimum atomic E-state index is -1.82. The first-order valence-electron chi connectivity index (χ1n) is 9.98. The van der Waals surface area contributed by atoms with Crippen LogP contribution in [0.5, 0.6) is 0 Å². The SMILES string of the molecule is Cn1c(-c2ccc(-c3ccccc3)cc2)cnc1NCc1ccccc1F.O=C(O)C(=O)O. The maximum absolute atomic E-state index is 13.8. The van der Waals surface area contributed by atoms with Crippen LogP contribution in [0.15, 0.2) is 85.1 Å². The second kappa shape index (κ2) is 10.7. The molecule has 0 aliphatic carbocycles. The molecule has 33 heavy (non-hydrogen) atoms. The Bertz CT molecular complexity index is 1230. The van der Waals surface area contributed by atoms with Crippen molar-refractivity contribution in [3.63, 3.8) is 0 Å². The Balaban J connectivity index is 0.000000454. The number of hydrogen-bond donors (Lipinski definition) is 3. The van der Waals surface area contributed by atoms with E-state index in [0.29, 0.717) is 18.1 Å². The molecule has 3 N–H and O–H groups in total. The van der Waals surface area contributed by atoms with Crippen molar-refractivity contribution < 1.29 is 24.2 Å². The molecule has 1 heterocycles. The normalized spacial score (nSPS) is 10.1. The molecule has 0 spiro atoms. The molecule has 4 rings (SSSR count). The van der Waals surface area contributed by atoms with Crippen molar-refractivity contribution in [2.75, 3.05) is 5.32 Å². The number of imidazole rings is 1. The zero-order valence-corrected chi connectivity index (χ0v) is 17.8. The van der Waals surface area contributed by atoms with Gasteiger partial charge in [-0.2, -0.15) is 0 Å². The van der Waals surface area contributed by atoms with Crippen LogP contribution in [0.25, 0.3) is 22.4 Å². The molecule has 1 aromatic heterocycles. The molecular formula is C25H22FN3O4. The van der Waals surface area contributed by atoms with E-state index in [-0.39, 0.29) is 5.82 Å². The van der Waals surface area contributed by atoms with Gasteiger partial charge in [0, 0.05) is 19.2 Å². The highest BCUT2D eigenvalue weighted by molar-refractivity contribution is 6.27. The number of hydrogen-bond acceptors (Lipinski definition) is 4. The van der Waals surface area contributed by atoms with Gasteiger partial charge in [0.15, 0.2) is 0 Å². The number of aliphatic carboxylic acids is 2. The number of nitrogens with one attached hydrogen (secondary N) is 1. The van der Waals surface area contributed by atoms with E-state index in [2.05, 4.69) is 46.7 Å². The summed E-state index contributed by atoms with van der Waals surface area (Å²) < 4.78 is 15.8. The van der Waals surface area contributed by atoms with E-state index in [1.54, 1.807) is 12.1 Å². The van der Waals surface area contributed by atoms with Gasteiger partial charge in [-0.05, 0) is 22.8 Å². The molecule has 0 aliphatic rings. The number of nitrogens with zero attached hydrogens (tertiary/aromatic N) is 2. The largest absolute Gasteiger partial charge is 0.473 e. The van der Waals surface area contributed by atoms with Gasteiger partial charge < -0.3 is 20.1 Å². The summed E-state index contributed by atoms with van der Waals surface area (Å²) in [6, 6.07) is 25.5. The highest BCUT2D eigenvalue weighted by Crippen LogP contribution is 2.26. The fourth-order valence-corrected chi connectivity index (χ4v) is 3.12. The average molecular weight is 447 g/mol. The van der Waals surface area contributed by atoms with Crippen LogP contribution in [0.1, 0.15) is 5.56 Å². The molecule has 0 aliphatic heterocycles. The van der Waals surface area contributed by atoms with Crippen LogP contribution in [-0.4, -0.2) is 31.7 Å². The number of carboxylic acids is 2. The molecular weight excluding hydrogens is 425 g/mol. The molecule has 0 saturated heterocycles. The van der Waals surface area contributed by atoms with Crippen molar-refractivity contribution in [1.29, 1.82) is 0 Å². The number of halogens is 1. The number of carboxylic acid groups (broad SMARTS) is 2. The summed E-state index contributed by atoms with van der Waals surface area (Å²) >= 11 is 0. The minimum Gasteiger partial charge on any atom is -0.473 e. The first kappa shape index (κ1) is 23.2. The predicted molar refractivity (Wildman–Crippen MR) is 123 cm³/mol. The Morgan fingerprint density at radius 2 is 1.39 bits per heavy atom. The Morgan fingerprint density at radius 3 is 2.00 bits per heavy atom. The summed E-state index contributed by atoms with van der Waals surface area (Å²) in [6.45, 7) is 0.393. The third-order valence-electron chi connectivity index (χ3n) is 4.85. The second-order valence-corrected chi connectivity index (χ2v) is 7.02. The second-order valence-electron chi connectivity index (χ2n) is 7.02. The van der Waals surface area contributed by atoms with Crippen molar-refractivity contribution in [3.05, 3.63) is 96.4 Å². The molecule has 0 bridgehead atoms. The van der Waals surface area contributed by atoms with Crippen molar-refractivity contribution in [2.24, 2.45) is 7.05 Å². The van der Waals surface area contributed by atoms with E-state index in [1.807, 2.05) is 42.1 Å². The quantitative estimate of drug-likeness (QED) is 0.385. The fraction of sp³-hybridized carbons (Fsp3) is 0.0800. The lowest BCUT2D eigenvalue weighted by atomic mass is 10.0. The third-order valence-corrected chi connectivity index (χ3v) is 4.85. The summed E-state index contributed by atoms with van der Waals surface area (Å²) in [5, 5.41) is 18.0. The van der Waals surface area contributed by atoms with Gasteiger partial charge >= 0.3 is 11.9 Å². The maximum atomic E-state index is 13.8. The smallest absolute Gasteiger partial charge is 0.414 e. The number of rotatable bonds is 5. The zero-order chi connectivity index (χ0) is 23.8. The van der Waals surface area contributed by atoms with Gasteiger partial charge in [-0.25, -0.2) is 19.0 Å². The van der Waals surface area contributed by atoms with E-state index >= 15 is 0 Å². The minimum absolute atomic E-state index is 0.212. The van der Waals surface area contributed by atoms with Crippen LogP contribution < -0.4 is 5.32 Å². The van der Waals surface area contributed by atoms with Crippen LogP contribution in [0.4, 0.5) is 10.3 Å². The van der Waals surface area contributed by atoms with Gasteiger partial charge in [0.1, 0.15) is 5.82 Å². The van der Waals surface area contributed by atoms with E-state index in [0.717, 1.165) is 11.3 Å². The van der Waals surface area contributed by atoms with Crippen LogP contribution >= 0.6 is 0 Å². The molecule has 8 heteroatoms. The van der Waals surface area contributed by atoms with E-state index in [1.165, 1.54) is 17.2 Å². The van der Waals surface area contributed by atoms with Crippen molar-refractivity contribution in [2.45, 2.75) is 6.54 Å². The molecule has 0 unspecified atom stereocenters. The molecule has 0 amide bonds. The van der Waals surface area contributed by atoms with Crippen molar-refractivity contribution in [1.82, 2.24) is 9.55 Å². The number of aromatic nitrogens is 2. The third kappa shape index (κ3) is 6.04. The average Bonchev–Trinajstić information content (AvgIpc) is 3.20. The van der Waals surface area contributed by atoms with E-state index < -0.39 is 11.9 Å². The van der Waals surface area contributed by atoms with Gasteiger partial charge in [-0.15, -0.1) is 0 Å². The number of benzene rings is 3. The Kier molecular flexibility index (Phi) is 7.54. The van der Waals surface area contributed by atoms with E-state index in [4.69, 9.17) is 19.8 Å². The van der Waals surface area contributed by atoms with Crippen molar-refractivity contribution in [3.8, 4) is 22.4 Å². The van der Waals surface area contributed by atoms with Crippen LogP contribution in [0.2, 0.25) is 0 Å². The molecule has 0 radical (unpaired) electrons. The molecule has 7 nitrogen and oxygen atoms in total. The lowest BCUT2D eigenvalue weighted by Crippen LogP contribution is -2.09. The molecule has 168 valence electrons. The van der Waals surface area contributed by atoms with Crippen LogP contribution in [-0.2, 0) is 23.2 Å². The topological polar surface area (TPSA) is 104 Å². The van der Waals surface area contributed by atoms with Gasteiger partial charge in [0.05, 0.1) is 11.9 Å². The van der Waals surface area contributed by atoms with Crippen molar-refractivity contribution >= 4 is 17.9 Å². The summed E-state index contributed by atoms with van der Waals surface area (Å²) in [5.41, 5.74) is 5.09. The lowest BCUT2D eigenvalue weighted by molar-refractivity contribution is -0.159.